The van der Waals surface area contributed by atoms with E-state index in [1.54, 1.807) is 0 Å². The quantitative estimate of drug-likeness (QED) is 0.667. The third-order valence-corrected chi connectivity index (χ3v) is 2.37. The SMILES string of the molecule is Cc1nc(N)[nH]c(=O)c1[C@@H](O)C(Cl)(Cl)Cl. The van der Waals surface area contributed by atoms with Crippen molar-refractivity contribution in [3.05, 3.63) is 21.6 Å². The zero-order valence-corrected chi connectivity index (χ0v) is 9.86. The van der Waals surface area contributed by atoms with Crippen molar-refractivity contribution in [2.75, 3.05) is 5.73 Å². The summed E-state index contributed by atoms with van der Waals surface area (Å²) < 4.78 is -1.99. The van der Waals surface area contributed by atoms with Gasteiger partial charge in [-0.25, -0.2) is 4.98 Å². The first-order valence-corrected chi connectivity index (χ1v) is 4.98. The molecule has 8 heteroatoms. The van der Waals surface area contributed by atoms with Gasteiger partial charge in [0.25, 0.3) is 5.56 Å². The monoisotopic (exact) mass is 271 g/mol. The highest BCUT2D eigenvalue weighted by Crippen LogP contribution is 2.39. The van der Waals surface area contributed by atoms with Crippen molar-refractivity contribution in [2.45, 2.75) is 16.8 Å². The molecule has 84 valence electrons. The number of hydrogen-bond donors (Lipinski definition) is 3. The van der Waals surface area contributed by atoms with E-state index in [2.05, 4.69) is 9.97 Å². The third kappa shape index (κ3) is 2.75. The number of aromatic nitrogens is 2. The van der Waals surface area contributed by atoms with Crippen LogP contribution in [0.2, 0.25) is 0 Å². The molecule has 1 rings (SSSR count). The lowest BCUT2D eigenvalue weighted by molar-refractivity contribution is 0.179. The predicted octanol–water partition coefficient (Wildman–Crippen LogP) is 1.06. The first kappa shape index (κ1) is 12.6. The molecule has 0 saturated carbocycles. The van der Waals surface area contributed by atoms with Gasteiger partial charge in [0.1, 0.15) is 6.10 Å². The third-order valence-electron chi connectivity index (χ3n) is 1.75. The number of alkyl halides is 3. The van der Waals surface area contributed by atoms with Gasteiger partial charge in [-0.15, -0.1) is 0 Å². The molecule has 0 spiro atoms. The fourth-order valence-electron chi connectivity index (χ4n) is 1.10. The van der Waals surface area contributed by atoms with Crippen LogP contribution in [0.4, 0.5) is 5.95 Å². The number of hydrogen-bond acceptors (Lipinski definition) is 4. The Morgan fingerprint density at radius 1 is 1.53 bits per heavy atom. The summed E-state index contributed by atoms with van der Waals surface area (Å²) in [5.41, 5.74) is 4.77. The second-order valence-electron chi connectivity index (χ2n) is 2.89. The molecule has 1 aromatic rings. The largest absolute Gasteiger partial charge is 0.384 e. The van der Waals surface area contributed by atoms with Gasteiger partial charge in [-0.2, -0.15) is 0 Å². The predicted molar refractivity (Wildman–Crippen MR) is 59.3 cm³/mol. The number of nitrogens with zero attached hydrogens (tertiary/aromatic N) is 1. The van der Waals surface area contributed by atoms with Crippen LogP contribution in [0.15, 0.2) is 4.79 Å². The minimum atomic E-state index is -1.99. The number of nitrogens with two attached hydrogens (primary N) is 1. The Balaban J connectivity index is 3.33. The van der Waals surface area contributed by atoms with Gasteiger partial charge in [0.15, 0.2) is 0 Å². The van der Waals surface area contributed by atoms with E-state index in [0.29, 0.717) is 0 Å². The summed E-state index contributed by atoms with van der Waals surface area (Å²) in [5.74, 6) is -0.0576. The molecule has 1 heterocycles. The minimum Gasteiger partial charge on any atom is -0.384 e. The molecular formula is C7H8Cl3N3O2. The Morgan fingerprint density at radius 3 is 2.47 bits per heavy atom. The minimum absolute atomic E-state index is 0.0576. The molecule has 5 nitrogen and oxygen atoms in total. The number of halogens is 3. The Bertz CT molecular complexity index is 426. The molecule has 0 aliphatic carbocycles. The summed E-state index contributed by atoms with van der Waals surface area (Å²) in [6.45, 7) is 1.49. The molecule has 1 aromatic heterocycles. The highest BCUT2D eigenvalue weighted by Gasteiger charge is 2.35. The Morgan fingerprint density at radius 2 is 2.07 bits per heavy atom. The molecule has 0 aliphatic heterocycles. The van der Waals surface area contributed by atoms with E-state index in [0.717, 1.165) is 0 Å². The van der Waals surface area contributed by atoms with E-state index in [1.807, 2.05) is 0 Å². The zero-order chi connectivity index (χ0) is 11.8. The second-order valence-corrected chi connectivity index (χ2v) is 5.26. The number of aliphatic hydroxyl groups is 1. The molecule has 0 radical (unpaired) electrons. The number of nitrogens with one attached hydrogen (secondary N) is 1. The van der Waals surface area contributed by atoms with Crippen molar-refractivity contribution < 1.29 is 5.11 Å². The topological polar surface area (TPSA) is 92.0 Å². The van der Waals surface area contributed by atoms with Gasteiger partial charge >= 0.3 is 0 Å². The van der Waals surface area contributed by atoms with E-state index in [4.69, 9.17) is 40.5 Å². The van der Waals surface area contributed by atoms with Crippen LogP contribution in [0, 0.1) is 6.92 Å². The molecule has 0 bridgehead atoms. The van der Waals surface area contributed by atoms with E-state index in [-0.39, 0.29) is 17.2 Å². The van der Waals surface area contributed by atoms with Gasteiger partial charge in [0.2, 0.25) is 9.74 Å². The molecule has 1 atom stereocenters. The van der Waals surface area contributed by atoms with Gasteiger partial charge in [0.05, 0.1) is 11.3 Å². The lowest BCUT2D eigenvalue weighted by atomic mass is 10.1. The van der Waals surface area contributed by atoms with E-state index < -0.39 is 15.5 Å². The van der Waals surface area contributed by atoms with Crippen molar-refractivity contribution >= 4 is 40.8 Å². The smallest absolute Gasteiger partial charge is 0.258 e. The normalized spacial score (nSPS) is 13.9. The van der Waals surface area contributed by atoms with E-state index in [9.17, 15) is 9.90 Å². The molecule has 0 amide bonds. The molecular weight excluding hydrogens is 264 g/mol. The van der Waals surface area contributed by atoms with Crippen LogP contribution in [-0.2, 0) is 0 Å². The van der Waals surface area contributed by atoms with Crippen LogP contribution in [0.25, 0.3) is 0 Å². The summed E-state index contributed by atoms with van der Waals surface area (Å²) in [4.78, 5) is 17.4. The van der Waals surface area contributed by atoms with Gasteiger partial charge in [-0.05, 0) is 6.92 Å². The van der Waals surface area contributed by atoms with Crippen molar-refractivity contribution in [2.24, 2.45) is 0 Å². The summed E-state index contributed by atoms with van der Waals surface area (Å²) >= 11 is 16.4. The Hall–Kier alpha value is -0.490. The van der Waals surface area contributed by atoms with E-state index in [1.165, 1.54) is 6.92 Å². The van der Waals surface area contributed by atoms with E-state index >= 15 is 0 Å². The summed E-state index contributed by atoms with van der Waals surface area (Å²) in [6, 6.07) is 0. The fourth-order valence-corrected chi connectivity index (χ4v) is 1.43. The highest BCUT2D eigenvalue weighted by molar-refractivity contribution is 6.68. The lowest BCUT2D eigenvalue weighted by Crippen LogP contribution is -2.27. The van der Waals surface area contributed by atoms with Crippen molar-refractivity contribution in [1.29, 1.82) is 0 Å². The molecule has 0 fully saturated rings. The maximum absolute atomic E-state index is 11.4. The molecule has 0 aliphatic rings. The van der Waals surface area contributed by atoms with Gasteiger partial charge in [-0.3, -0.25) is 9.78 Å². The Labute approximate surface area is 100 Å². The molecule has 0 saturated heterocycles. The first-order chi connectivity index (χ1) is 6.73. The standard InChI is InChI=1S/C7H8Cl3N3O2/c1-2-3(4(14)7(8,9)10)5(15)13-6(11)12-2/h4,14H,1H3,(H3,11,12,13,15)/t4-/m1/s1. The number of aromatic amines is 1. The number of aliphatic hydroxyl groups excluding tert-OH is 1. The number of anilines is 1. The zero-order valence-electron chi connectivity index (χ0n) is 7.59. The number of H-pyrrole nitrogens is 1. The van der Waals surface area contributed by atoms with Crippen LogP contribution in [0.3, 0.4) is 0 Å². The van der Waals surface area contributed by atoms with Crippen LogP contribution in [0.1, 0.15) is 17.4 Å². The number of rotatable bonds is 1. The molecule has 0 unspecified atom stereocenters. The van der Waals surface area contributed by atoms with Crippen molar-refractivity contribution in [3.8, 4) is 0 Å². The average Bonchev–Trinajstić information content (AvgIpc) is 1.99. The summed E-state index contributed by atoms with van der Waals surface area (Å²) in [7, 11) is 0. The van der Waals surface area contributed by atoms with Crippen LogP contribution < -0.4 is 11.3 Å². The number of nitrogen functional groups attached to an aromatic ring is 1. The summed E-state index contributed by atoms with van der Waals surface area (Å²) in [6.07, 6.45) is -1.56. The maximum atomic E-state index is 11.4. The molecule has 0 aromatic carbocycles. The summed E-state index contributed by atoms with van der Waals surface area (Å²) in [5, 5.41) is 9.61. The van der Waals surface area contributed by atoms with Gasteiger partial charge in [-0.1, -0.05) is 34.8 Å². The molecule has 4 N–H and O–H groups in total. The van der Waals surface area contributed by atoms with Gasteiger partial charge in [0, 0.05) is 0 Å². The Kier molecular flexibility index (Phi) is 3.50. The van der Waals surface area contributed by atoms with Crippen molar-refractivity contribution in [1.82, 2.24) is 9.97 Å². The lowest BCUT2D eigenvalue weighted by Gasteiger charge is -2.19. The van der Waals surface area contributed by atoms with Crippen LogP contribution in [-0.4, -0.2) is 18.9 Å². The fraction of sp³-hybridized carbons (Fsp3) is 0.429. The first-order valence-electron chi connectivity index (χ1n) is 3.84. The number of aryl methyl sites for hydroxylation is 1. The highest BCUT2D eigenvalue weighted by atomic mass is 35.6. The second kappa shape index (κ2) is 4.17. The average molecular weight is 273 g/mol. The van der Waals surface area contributed by atoms with Gasteiger partial charge < -0.3 is 10.8 Å². The molecule has 15 heavy (non-hydrogen) atoms. The van der Waals surface area contributed by atoms with Crippen molar-refractivity contribution in [3.63, 3.8) is 0 Å². The maximum Gasteiger partial charge on any atom is 0.258 e. The van der Waals surface area contributed by atoms with Crippen LogP contribution in [0.5, 0.6) is 0 Å². The van der Waals surface area contributed by atoms with Crippen LogP contribution >= 0.6 is 34.8 Å².